The summed E-state index contributed by atoms with van der Waals surface area (Å²) in [5.41, 5.74) is 6.59. The van der Waals surface area contributed by atoms with Crippen molar-refractivity contribution in [1.82, 2.24) is 14.9 Å². The summed E-state index contributed by atoms with van der Waals surface area (Å²) in [7, 11) is 0. The molecule has 0 saturated heterocycles. The molecule has 0 radical (unpaired) electrons. The molecule has 150 valence electrons. The number of carbonyl (C=O) groups is 2. The minimum absolute atomic E-state index is 0.201. The quantitative estimate of drug-likeness (QED) is 0.566. The maximum atomic E-state index is 12.7. The number of amides is 2. The first-order valence-electron chi connectivity index (χ1n) is 9.31. The van der Waals surface area contributed by atoms with Crippen LogP contribution in [0.4, 0.5) is 5.69 Å². The summed E-state index contributed by atoms with van der Waals surface area (Å²) in [6, 6.07) is 13.0. The number of aromatic amines is 1. The zero-order valence-electron chi connectivity index (χ0n) is 16.3. The van der Waals surface area contributed by atoms with E-state index in [1.165, 1.54) is 0 Å². The Morgan fingerprint density at radius 2 is 1.86 bits per heavy atom. The van der Waals surface area contributed by atoms with E-state index in [1.54, 1.807) is 49.4 Å². The molecule has 8 heteroatoms. The summed E-state index contributed by atoms with van der Waals surface area (Å²) in [5, 5.41) is 3.36. The second-order valence-electron chi connectivity index (χ2n) is 6.70. The van der Waals surface area contributed by atoms with Crippen molar-refractivity contribution in [2.45, 2.75) is 26.4 Å². The number of carbonyl (C=O) groups excluding carboxylic acids is 2. The first kappa shape index (κ1) is 20.2. The highest BCUT2D eigenvalue weighted by Crippen LogP contribution is 2.13. The fraction of sp³-hybridized carbons (Fsp3) is 0.238. The van der Waals surface area contributed by atoms with Crippen LogP contribution in [-0.4, -0.2) is 39.3 Å². The van der Waals surface area contributed by atoms with Crippen molar-refractivity contribution in [2.75, 3.05) is 11.9 Å². The molecule has 0 spiro atoms. The number of H-pyrrole nitrogens is 1. The van der Waals surface area contributed by atoms with E-state index in [4.69, 9.17) is 5.73 Å². The number of hydrogen-bond acceptors (Lipinski definition) is 5. The van der Waals surface area contributed by atoms with Crippen molar-refractivity contribution in [3.05, 3.63) is 70.3 Å². The summed E-state index contributed by atoms with van der Waals surface area (Å²) in [6.07, 6.45) is 0. The highest BCUT2D eigenvalue weighted by atomic mass is 16.2. The van der Waals surface area contributed by atoms with Gasteiger partial charge in [0.25, 0.3) is 5.56 Å². The first-order chi connectivity index (χ1) is 13.9. The molecule has 2 amide bonds. The van der Waals surface area contributed by atoms with Gasteiger partial charge in [0.2, 0.25) is 11.8 Å². The molecule has 0 aliphatic heterocycles. The van der Waals surface area contributed by atoms with Crippen LogP contribution in [-0.2, 0) is 11.3 Å². The Labute approximate surface area is 167 Å². The minimum atomic E-state index is -0.523. The molecule has 4 N–H and O–H groups in total. The summed E-state index contributed by atoms with van der Waals surface area (Å²) < 4.78 is 0. The van der Waals surface area contributed by atoms with Crippen LogP contribution in [0.3, 0.4) is 0 Å². The Kier molecular flexibility index (Phi) is 6.04. The highest BCUT2D eigenvalue weighted by molar-refractivity contribution is 5.96. The Hall–Kier alpha value is -3.52. The van der Waals surface area contributed by atoms with E-state index < -0.39 is 11.9 Å². The molecular formula is C21H23N5O3. The third-order valence-electron chi connectivity index (χ3n) is 4.79. The van der Waals surface area contributed by atoms with Crippen molar-refractivity contribution >= 4 is 28.4 Å². The van der Waals surface area contributed by atoms with Gasteiger partial charge in [-0.15, -0.1) is 0 Å². The molecular weight excluding hydrogens is 370 g/mol. The lowest BCUT2D eigenvalue weighted by Gasteiger charge is -2.26. The van der Waals surface area contributed by atoms with Crippen molar-refractivity contribution in [1.29, 1.82) is 0 Å². The van der Waals surface area contributed by atoms with E-state index in [1.807, 2.05) is 17.9 Å². The van der Waals surface area contributed by atoms with Crippen molar-refractivity contribution in [3.8, 4) is 0 Å². The largest absolute Gasteiger partial charge is 0.366 e. The van der Waals surface area contributed by atoms with Gasteiger partial charge in [0.15, 0.2) is 0 Å². The topological polar surface area (TPSA) is 121 Å². The molecule has 2 aromatic carbocycles. The fourth-order valence-electron chi connectivity index (χ4n) is 3.06. The average molecular weight is 393 g/mol. The van der Waals surface area contributed by atoms with Gasteiger partial charge in [0, 0.05) is 11.3 Å². The van der Waals surface area contributed by atoms with Crippen molar-refractivity contribution in [2.24, 2.45) is 5.73 Å². The number of benzene rings is 2. The van der Waals surface area contributed by atoms with Gasteiger partial charge >= 0.3 is 0 Å². The molecule has 0 aliphatic rings. The Bertz CT molecular complexity index is 1090. The van der Waals surface area contributed by atoms with Crippen LogP contribution in [0.2, 0.25) is 0 Å². The lowest BCUT2D eigenvalue weighted by atomic mass is 10.2. The van der Waals surface area contributed by atoms with E-state index in [9.17, 15) is 14.4 Å². The van der Waals surface area contributed by atoms with Crippen LogP contribution >= 0.6 is 0 Å². The van der Waals surface area contributed by atoms with Gasteiger partial charge in [-0.2, -0.15) is 0 Å². The normalized spacial score (nSPS) is 12.1. The van der Waals surface area contributed by atoms with Crippen LogP contribution < -0.4 is 16.6 Å². The van der Waals surface area contributed by atoms with Gasteiger partial charge in [0.05, 0.1) is 23.5 Å². The summed E-state index contributed by atoms with van der Waals surface area (Å²) >= 11 is 0. The van der Waals surface area contributed by atoms with E-state index in [2.05, 4.69) is 15.3 Å². The SMILES string of the molecule is CCN(Cc1nc2ccccc2c(=O)[nH]1)C(C)C(=O)Nc1ccc(C(N)=O)cc1. The Morgan fingerprint density at radius 3 is 2.52 bits per heavy atom. The maximum Gasteiger partial charge on any atom is 0.258 e. The zero-order valence-corrected chi connectivity index (χ0v) is 16.3. The summed E-state index contributed by atoms with van der Waals surface area (Å²) in [5.74, 6) is -0.229. The number of nitrogens with zero attached hydrogens (tertiary/aromatic N) is 2. The van der Waals surface area contributed by atoms with Crippen LogP contribution in [0.1, 0.15) is 30.0 Å². The molecule has 1 heterocycles. The molecule has 3 aromatic rings. The van der Waals surface area contributed by atoms with E-state index in [0.717, 1.165) is 0 Å². The smallest absolute Gasteiger partial charge is 0.258 e. The Balaban J connectivity index is 1.72. The second-order valence-corrected chi connectivity index (χ2v) is 6.70. The number of rotatable bonds is 7. The molecule has 3 rings (SSSR count). The number of nitrogens with two attached hydrogens (primary N) is 1. The molecule has 1 unspecified atom stereocenters. The van der Waals surface area contributed by atoms with Crippen LogP contribution in [0.5, 0.6) is 0 Å². The zero-order chi connectivity index (χ0) is 21.0. The van der Waals surface area contributed by atoms with Gasteiger partial charge < -0.3 is 16.0 Å². The molecule has 0 fully saturated rings. The third kappa shape index (κ3) is 4.67. The average Bonchev–Trinajstić information content (AvgIpc) is 2.72. The minimum Gasteiger partial charge on any atom is -0.366 e. The first-order valence-corrected chi connectivity index (χ1v) is 9.31. The number of fused-ring (bicyclic) bond motifs is 1. The molecule has 8 nitrogen and oxygen atoms in total. The van der Waals surface area contributed by atoms with Gasteiger partial charge in [-0.25, -0.2) is 4.98 Å². The van der Waals surface area contributed by atoms with Gasteiger partial charge in [-0.05, 0) is 49.9 Å². The van der Waals surface area contributed by atoms with Crippen LogP contribution in [0.25, 0.3) is 10.9 Å². The number of anilines is 1. The molecule has 0 aliphatic carbocycles. The van der Waals surface area contributed by atoms with Crippen LogP contribution in [0.15, 0.2) is 53.3 Å². The number of primary amides is 1. The molecule has 29 heavy (non-hydrogen) atoms. The second kappa shape index (κ2) is 8.66. The number of aromatic nitrogens is 2. The highest BCUT2D eigenvalue weighted by Gasteiger charge is 2.21. The van der Waals surface area contributed by atoms with Crippen molar-refractivity contribution in [3.63, 3.8) is 0 Å². The summed E-state index contributed by atoms with van der Waals surface area (Å²) in [4.78, 5) is 45.3. The monoisotopic (exact) mass is 393 g/mol. The van der Waals surface area contributed by atoms with E-state index in [0.29, 0.717) is 41.1 Å². The van der Waals surface area contributed by atoms with Gasteiger partial charge in [0.1, 0.15) is 5.82 Å². The predicted octanol–water partition coefficient (Wildman–Crippen LogP) is 1.87. The molecule has 0 saturated carbocycles. The molecule has 0 bridgehead atoms. The van der Waals surface area contributed by atoms with E-state index >= 15 is 0 Å². The summed E-state index contributed by atoms with van der Waals surface area (Å²) in [6.45, 7) is 4.64. The molecule has 1 atom stereocenters. The lowest BCUT2D eigenvalue weighted by Crippen LogP contribution is -2.42. The number of hydrogen-bond donors (Lipinski definition) is 3. The lowest BCUT2D eigenvalue weighted by molar-refractivity contribution is -0.120. The van der Waals surface area contributed by atoms with Crippen molar-refractivity contribution < 1.29 is 9.59 Å². The Morgan fingerprint density at radius 1 is 1.17 bits per heavy atom. The standard InChI is InChI=1S/C21H23N5O3/c1-3-26(12-18-24-17-7-5-4-6-16(17)21(29)25-18)13(2)20(28)23-15-10-8-14(9-11-15)19(22)27/h4-11,13H,3,12H2,1-2H3,(H2,22,27)(H,23,28)(H,24,25,29). The third-order valence-corrected chi connectivity index (χ3v) is 4.79. The number of para-hydroxylation sites is 1. The predicted molar refractivity (Wildman–Crippen MR) is 111 cm³/mol. The molecule has 1 aromatic heterocycles. The number of likely N-dealkylation sites (N-methyl/N-ethyl adjacent to an activating group) is 1. The van der Waals surface area contributed by atoms with Crippen LogP contribution in [0, 0.1) is 0 Å². The van der Waals surface area contributed by atoms with Gasteiger partial charge in [-0.3, -0.25) is 19.3 Å². The van der Waals surface area contributed by atoms with E-state index in [-0.39, 0.29) is 11.5 Å². The number of nitrogens with one attached hydrogen (secondary N) is 2. The van der Waals surface area contributed by atoms with Gasteiger partial charge in [-0.1, -0.05) is 19.1 Å². The fourth-order valence-corrected chi connectivity index (χ4v) is 3.06. The maximum absolute atomic E-state index is 12.7.